The molecule has 0 unspecified atom stereocenters. The first kappa shape index (κ1) is 24.9. The predicted molar refractivity (Wildman–Crippen MR) is 134 cm³/mol. The molecule has 1 aromatic heterocycles. The van der Waals surface area contributed by atoms with Crippen molar-refractivity contribution in [3.05, 3.63) is 61.0 Å². The second-order valence-electron chi connectivity index (χ2n) is 7.10. The van der Waals surface area contributed by atoms with Crippen molar-refractivity contribution in [2.45, 2.75) is 33.1 Å². The summed E-state index contributed by atoms with van der Waals surface area (Å²) in [5, 5.41) is 13.8. The molecule has 0 amide bonds. The van der Waals surface area contributed by atoms with Crippen LogP contribution >= 0.6 is 31.9 Å². The molecule has 8 nitrogen and oxygen atoms in total. The Bertz CT molecular complexity index is 1260. The van der Waals surface area contributed by atoms with Crippen LogP contribution in [0, 0.1) is 0 Å². The summed E-state index contributed by atoms with van der Waals surface area (Å²) >= 11 is 6.81. The topological polar surface area (TPSA) is 103 Å². The van der Waals surface area contributed by atoms with E-state index in [9.17, 15) is 9.59 Å². The maximum absolute atomic E-state index is 13.2. The van der Waals surface area contributed by atoms with Crippen LogP contribution in [0.1, 0.15) is 38.1 Å². The summed E-state index contributed by atoms with van der Waals surface area (Å²) < 4.78 is 13.6. The summed E-state index contributed by atoms with van der Waals surface area (Å²) in [7, 11) is 0. The minimum atomic E-state index is -1.09. The minimum absolute atomic E-state index is 0.255. The van der Waals surface area contributed by atoms with Crippen LogP contribution in [0.25, 0.3) is 10.9 Å². The Morgan fingerprint density at radius 2 is 2.00 bits per heavy atom. The van der Waals surface area contributed by atoms with Crippen molar-refractivity contribution in [2.75, 3.05) is 13.2 Å². The third-order valence-corrected chi connectivity index (χ3v) is 5.71. The minimum Gasteiger partial charge on any atom is -0.490 e. The number of carbonyl (C=O) groups is 1. The monoisotopic (exact) mass is 579 g/mol. The van der Waals surface area contributed by atoms with Crippen molar-refractivity contribution >= 4 is 54.9 Å². The number of hydrogen-bond donors (Lipinski definition) is 1. The number of nitrogens with zero attached hydrogens (tertiary/aromatic N) is 3. The fourth-order valence-corrected chi connectivity index (χ4v) is 4.07. The Kier molecular flexibility index (Phi) is 8.62. The Hall–Kier alpha value is -2.72. The largest absolute Gasteiger partial charge is 0.490 e. The van der Waals surface area contributed by atoms with Crippen LogP contribution in [-0.2, 0) is 11.2 Å². The molecule has 0 bridgehead atoms. The van der Waals surface area contributed by atoms with E-state index in [1.807, 2.05) is 19.1 Å². The lowest BCUT2D eigenvalue weighted by atomic mass is 10.2. The molecule has 0 radical (unpaired) electrons. The van der Waals surface area contributed by atoms with Gasteiger partial charge in [-0.3, -0.25) is 4.79 Å². The molecule has 33 heavy (non-hydrogen) atoms. The van der Waals surface area contributed by atoms with E-state index in [0.717, 1.165) is 17.3 Å². The van der Waals surface area contributed by atoms with Gasteiger partial charge in [-0.25, -0.2) is 9.78 Å². The fourth-order valence-electron chi connectivity index (χ4n) is 3.13. The number of rotatable bonds is 10. The molecule has 174 valence electrons. The molecule has 3 rings (SSSR count). The molecule has 0 saturated heterocycles. The van der Waals surface area contributed by atoms with Crippen LogP contribution in [0.3, 0.4) is 0 Å². The smallest absolute Gasteiger partial charge is 0.341 e. The summed E-state index contributed by atoms with van der Waals surface area (Å²) in [6, 6.07) is 8.79. The lowest BCUT2D eigenvalue weighted by Gasteiger charge is -2.13. The number of benzene rings is 2. The number of aromatic nitrogens is 2. The quantitative estimate of drug-likeness (QED) is 0.338. The van der Waals surface area contributed by atoms with Crippen LogP contribution in [0.15, 0.2) is 49.2 Å². The number of fused-ring (bicyclic) bond motifs is 1. The molecule has 1 heterocycles. The first-order valence-electron chi connectivity index (χ1n) is 10.4. The molecule has 1 N–H and O–H groups in total. The molecule has 0 spiro atoms. The first-order valence-corrected chi connectivity index (χ1v) is 12.0. The fraction of sp³-hybridized carbons (Fsp3) is 0.304. The van der Waals surface area contributed by atoms with E-state index in [2.05, 4.69) is 48.9 Å². The van der Waals surface area contributed by atoms with Crippen molar-refractivity contribution in [3.8, 4) is 11.5 Å². The van der Waals surface area contributed by atoms with Gasteiger partial charge in [0.15, 0.2) is 18.1 Å². The lowest BCUT2D eigenvalue weighted by molar-refractivity contribution is -0.139. The predicted octanol–water partition coefficient (Wildman–Crippen LogP) is 5.01. The van der Waals surface area contributed by atoms with Crippen molar-refractivity contribution in [1.29, 1.82) is 0 Å². The number of aliphatic carboxylic acids is 1. The van der Waals surface area contributed by atoms with Gasteiger partial charge in [0.05, 0.1) is 28.2 Å². The van der Waals surface area contributed by atoms with E-state index < -0.39 is 12.6 Å². The Morgan fingerprint density at radius 1 is 1.21 bits per heavy atom. The van der Waals surface area contributed by atoms with Gasteiger partial charge in [-0.2, -0.15) is 9.78 Å². The normalized spacial score (nSPS) is 11.3. The second-order valence-corrected chi connectivity index (χ2v) is 8.87. The van der Waals surface area contributed by atoms with E-state index in [-0.39, 0.29) is 11.3 Å². The van der Waals surface area contributed by atoms with Crippen molar-refractivity contribution in [3.63, 3.8) is 0 Å². The Labute approximate surface area is 207 Å². The molecule has 2 aromatic carbocycles. The van der Waals surface area contributed by atoms with Crippen LogP contribution < -0.4 is 15.0 Å². The van der Waals surface area contributed by atoms with Crippen LogP contribution in [-0.4, -0.2) is 40.2 Å². The summed E-state index contributed by atoms with van der Waals surface area (Å²) in [4.78, 5) is 28.8. The van der Waals surface area contributed by atoms with E-state index in [0.29, 0.717) is 45.5 Å². The average Bonchev–Trinajstić information content (AvgIpc) is 2.77. The number of hydrogen-bond acceptors (Lipinski definition) is 6. The van der Waals surface area contributed by atoms with Crippen molar-refractivity contribution < 1.29 is 19.4 Å². The van der Waals surface area contributed by atoms with Gasteiger partial charge in [-0.15, -0.1) is 0 Å². The molecule has 0 saturated carbocycles. The molecule has 0 atom stereocenters. The highest BCUT2D eigenvalue weighted by molar-refractivity contribution is 9.10. The number of ether oxygens (including phenoxy) is 2. The molecule has 0 aliphatic rings. The highest BCUT2D eigenvalue weighted by Gasteiger charge is 2.14. The second kappa shape index (κ2) is 11.4. The van der Waals surface area contributed by atoms with Gasteiger partial charge < -0.3 is 14.6 Å². The molecule has 0 aliphatic heterocycles. The van der Waals surface area contributed by atoms with E-state index in [4.69, 9.17) is 14.6 Å². The maximum Gasteiger partial charge on any atom is 0.341 e. The third kappa shape index (κ3) is 6.20. The number of carboxylic acid groups (broad SMARTS) is 1. The van der Waals surface area contributed by atoms with Crippen molar-refractivity contribution in [1.82, 2.24) is 9.66 Å². The summed E-state index contributed by atoms with van der Waals surface area (Å²) in [6.45, 7) is 3.75. The van der Waals surface area contributed by atoms with Crippen LogP contribution in [0.4, 0.5) is 0 Å². The zero-order valence-electron chi connectivity index (χ0n) is 18.2. The Balaban J connectivity index is 2.06. The molecular formula is C23H23Br2N3O5. The highest BCUT2D eigenvalue weighted by atomic mass is 79.9. The number of halogens is 2. The van der Waals surface area contributed by atoms with E-state index >= 15 is 0 Å². The molecular weight excluding hydrogens is 558 g/mol. The molecule has 10 heteroatoms. The Morgan fingerprint density at radius 3 is 2.70 bits per heavy atom. The summed E-state index contributed by atoms with van der Waals surface area (Å²) in [5.74, 6) is 0.144. The maximum atomic E-state index is 13.2. The summed E-state index contributed by atoms with van der Waals surface area (Å²) in [5.41, 5.74) is 1.01. The third-order valence-electron chi connectivity index (χ3n) is 4.62. The zero-order chi connectivity index (χ0) is 24.0. The van der Waals surface area contributed by atoms with Crippen LogP contribution in [0.5, 0.6) is 11.5 Å². The van der Waals surface area contributed by atoms with E-state index in [1.165, 1.54) is 10.9 Å². The standard InChI is InChI=1S/C23H23Br2N3O5/c1-3-5-6-20-27-18-8-7-15(24)11-16(18)23(31)28(20)26-12-14-9-17(25)22(33-13-21(29)30)19(10-14)32-4-2/h7-12H,3-6,13H2,1-2H3,(H,29,30). The van der Waals surface area contributed by atoms with Crippen LogP contribution in [0.2, 0.25) is 0 Å². The molecule has 0 fully saturated rings. The SMILES string of the molecule is CCCCc1nc2ccc(Br)cc2c(=O)n1N=Cc1cc(Br)c(OCC(=O)O)c(OCC)c1. The highest BCUT2D eigenvalue weighted by Crippen LogP contribution is 2.36. The van der Waals surface area contributed by atoms with Gasteiger partial charge in [0.2, 0.25) is 0 Å². The lowest BCUT2D eigenvalue weighted by Crippen LogP contribution is -2.22. The van der Waals surface area contributed by atoms with Gasteiger partial charge in [0.1, 0.15) is 5.82 Å². The van der Waals surface area contributed by atoms with Gasteiger partial charge in [-0.05, 0) is 65.2 Å². The van der Waals surface area contributed by atoms with Gasteiger partial charge >= 0.3 is 5.97 Å². The number of carboxylic acids is 1. The average molecular weight is 581 g/mol. The molecule has 0 aliphatic carbocycles. The van der Waals surface area contributed by atoms with Crippen molar-refractivity contribution in [2.24, 2.45) is 5.10 Å². The number of unbranched alkanes of at least 4 members (excludes halogenated alkanes) is 1. The van der Waals surface area contributed by atoms with Gasteiger partial charge in [-0.1, -0.05) is 29.3 Å². The zero-order valence-corrected chi connectivity index (χ0v) is 21.3. The number of aryl methyl sites for hydroxylation is 1. The van der Waals surface area contributed by atoms with E-state index in [1.54, 1.807) is 18.2 Å². The first-order chi connectivity index (χ1) is 15.8. The van der Waals surface area contributed by atoms with Gasteiger partial charge in [0, 0.05) is 10.9 Å². The van der Waals surface area contributed by atoms with Gasteiger partial charge in [0.25, 0.3) is 5.56 Å². The molecule has 3 aromatic rings. The summed E-state index contributed by atoms with van der Waals surface area (Å²) in [6.07, 6.45) is 3.99.